The Kier molecular flexibility index (Phi) is 3.12. The maximum Gasteiger partial charge on any atom is 0.277 e. The first-order valence-corrected chi connectivity index (χ1v) is 5.60. The second-order valence-corrected chi connectivity index (χ2v) is 4.01. The molecule has 82 valence electrons. The van der Waals surface area contributed by atoms with Crippen LogP contribution in [0.3, 0.4) is 0 Å². The van der Waals surface area contributed by atoms with Gasteiger partial charge in [-0.2, -0.15) is 0 Å². The fraction of sp³-hybridized carbons (Fsp3) is 0.111. The summed E-state index contributed by atoms with van der Waals surface area (Å²) in [4.78, 5) is 15.7. The first kappa shape index (κ1) is 11.0. The van der Waals surface area contributed by atoms with E-state index in [4.69, 9.17) is 11.6 Å². The molecule has 16 heavy (non-hydrogen) atoms. The lowest BCUT2D eigenvalue weighted by atomic mass is 10.3. The largest absolute Gasteiger partial charge is 0.319 e. The Bertz CT molecular complexity index is 514. The number of pyridine rings is 1. The van der Waals surface area contributed by atoms with E-state index in [1.54, 1.807) is 24.4 Å². The van der Waals surface area contributed by atoms with E-state index >= 15 is 0 Å². The van der Waals surface area contributed by atoms with Gasteiger partial charge in [0.15, 0.2) is 5.69 Å². The van der Waals surface area contributed by atoms with Crippen LogP contribution in [0.15, 0.2) is 17.5 Å². The highest BCUT2D eigenvalue weighted by Crippen LogP contribution is 2.16. The highest BCUT2D eigenvalue weighted by Gasteiger charge is 2.10. The summed E-state index contributed by atoms with van der Waals surface area (Å²) >= 11 is 6.84. The van der Waals surface area contributed by atoms with Crippen molar-refractivity contribution >= 4 is 34.7 Å². The van der Waals surface area contributed by atoms with Gasteiger partial charge in [0.2, 0.25) is 0 Å². The van der Waals surface area contributed by atoms with Crippen molar-refractivity contribution in [3.05, 3.63) is 34.1 Å². The van der Waals surface area contributed by atoms with Crippen LogP contribution >= 0.6 is 23.1 Å². The second kappa shape index (κ2) is 4.54. The minimum absolute atomic E-state index is 0.291. The Morgan fingerprint density at radius 2 is 2.31 bits per heavy atom. The van der Waals surface area contributed by atoms with Gasteiger partial charge >= 0.3 is 0 Å². The van der Waals surface area contributed by atoms with E-state index in [-0.39, 0.29) is 5.91 Å². The van der Waals surface area contributed by atoms with E-state index in [1.165, 1.54) is 0 Å². The molecule has 1 amide bonds. The number of anilines is 1. The third kappa shape index (κ3) is 2.34. The van der Waals surface area contributed by atoms with Gasteiger partial charge < -0.3 is 5.32 Å². The highest BCUT2D eigenvalue weighted by molar-refractivity contribution is 7.03. The first-order chi connectivity index (χ1) is 7.66. The van der Waals surface area contributed by atoms with Crippen molar-refractivity contribution in [2.75, 3.05) is 5.32 Å². The quantitative estimate of drug-likeness (QED) is 0.834. The number of carbonyl (C=O) groups is 1. The van der Waals surface area contributed by atoms with Gasteiger partial charge in [-0.15, -0.1) is 5.10 Å². The monoisotopic (exact) mass is 254 g/mol. The standard InChI is InChI=1S/C9H7ClN4OS/c1-5-6(2-3-8(10)11-5)12-9(15)7-4-16-14-13-7/h2-4H,1H3,(H,12,15). The molecule has 7 heteroatoms. The number of hydrogen-bond acceptors (Lipinski definition) is 5. The minimum atomic E-state index is -0.305. The predicted molar refractivity (Wildman–Crippen MR) is 61.8 cm³/mol. The molecule has 2 aromatic rings. The Balaban J connectivity index is 2.18. The molecular weight excluding hydrogens is 248 g/mol. The number of carbonyl (C=O) groups excluding carboxylic acids is 1. The van der Waals surface area contributed by atoms with E-state index in [1.807, 2.05) is 0 Å². The number of amides is 1. The SMILES string of the molecule is Cc1nc(Cl)ccc1NC(=O)c1csnn1. The van der Waals surface area contributed by atoms with Gasteiger partial charge in [0.25, 0.3) is 5.91 Å². The maximum atomic E-state index is 11.6. The Hall–Kier alpha value is -1.53. The van der Waals surface area contributed by atoms with E-state index in [0.29, 0.717) is 22.2 Å². The van der Waals surface area contributed by atoms with Crippen LogP contribution in [0.2, 0.25) is 5.15 Å². The van der Waals surface area contributed by atoms with Gasteiger partial charge in [-0.3, -0.25) is 4.79 Å². The molecule has 2 heterocycles. The molecule has 0 aromatic carbocycles. The Morgan fingerprint density at radius 1 is 1.50 bits per heavy atom. The lowest BCUT2D eigenvalue weighted by Gasteiger charge is -2.05. The number of aryl methyl sites for hydroxylation is 1. The number of nitrogens with zero attached hydrogens (tertiary/aromatic N) is 3. The zero-order valence-corrected chi connectivity index (χ0v) is 9.84. The van der Waals surface area contributed by atoms with Crippen LogP contribution in [0.4, 0.5) is 5.69 Å². The van der Waals surface area contributed by atoms with E-state index in [9.17, 15) is 4.79 Å². The molecule has 0 atom stereocenters. The molecule has 0 saturated heterocycles. The first-order valence-electron chi connectivity index (χ1n) is 4.38. The van der Waals surface area contributed by atoms with Crippen LogP contribution in [0.5, 0.6) is 0 Å². The number of hydrogen-bond donors (Lipinski definition) is 1. The third-order valence-electron chi connectivity index (χ3n) is 1.89. The van der Waals surface area contributed by atoms with Gasteiger partial charge in [0, 0.05) is 5.38 Å². The van der Waals surface area contributed by atoms with Crippen LogP contribution in [-0.4, -0.2) is 20.5 Å². The number of halogens is 1. The Labute approximate surface area is 101 Å². The fourth-order valence-electron chi connectivity index (χ4n) is 1.11. The zero-order valence-electron chi connectivity index (χ0n) is 8.27. The molecule has 2 aromatic heterocycles. The maximum absolute atomic E-state index is 11.6. The van der Waals surface area contributed by atoms with E-state index in [0.717, 1.165) is 11.5 Å². The topological polar surface area (TPSA) is 67.8 Å². The van der Waals surface area contributed by atoms with Crippen LogP contribution in [0.1, 0.15) is 16.2 Å². The average Bonchev–Trinajstić information content (AvgIpc) is 2.75. The van der Waals surface area contributed by atoms with Crippen molar-refractivity contribution in [3.63, 3.8) is 0 Å². The average molecular weight is 255 g/mol. The molecule has 0 aliphatic rings. The molecular formula is C9H7ClN4OS. The van der Waals surface area contributed by atoms with Gasteiger partial charge in [-0.1, -0.05) is 16.1 Å². The summed E-state index contributed by atoms with van der Waals surface area (Å²) in [6.45, 7) is 1.76. The molecule has 0 radical (unpaired) electrons. The molecule has 0 saturated carbocycles. The predicted octanol–water partition coefficient (Wildman–Crippen LogP) is 2.15. The Morgan fingerprint density at radius 3 is 2.94 bits per heavy atom. The van der Waals surface area contributed by atoms with Gasteiger partial charge in [-0.25, -0.2) is 4.98 Å². The van der Waals surface area contributed by atoms with Crippen molar-refractivity contribution in [2.45, 2.75) is 6.92 Å². The second-order valence-electron chi connectivity index (χ2n) is 3.01. The summed E-state index contributed by atoms with van der Waals surface area (Å²) < 4.78 is 3.62. The minimum Gasteiger partial charge on any atom is -0.319 e. The van der Waals surface area contributed by atoms with Crippen molar-refractivity contribution in [3.8, 4) is 0 Å². The number of rotatable bonds is 2. The van der Waals surface area contributed by atoms with Crippen molar-refractivity contribution < 1.29 is 4.79 Å². The summed E-state index contributed by atoms with van der Waals surface area (Å²) in [6.07, 6.45) is 0. The van der Waals surface area contributed by atoms with Crippen molar-refractivity contribution in [1.82, 2.24) is 14.6 Å². The molecule has 0 aliphatic heterocycles. The van der Waals surface area contributed by atoms with Gasteiger partial charge in [0.05, 0.1) is 11.4 Å². The third-order valence-corrected chi connectivity index (χ3v) is 2.61. The van der Waals surface area contributed by atoms with Gasteiger partial charge in [-0.05, 0) is 30.6 Å². The molecule has 5 nitrogen and oxygen atoms in total. The number of nitrogens with one attached hydrogen (secondary N) is 1. The van der Waals surface area contributed by atoms with Crippen LogP contribution < -0.4 is 5.32 Å². The van der Waals surface area contributed by atoms with Crippen molar-refractivity contribution in [1.29, 1.82) is 0 Å². The van der Waals surface area contributed by atoms with E-state index in [2.05, 4.69) is 19.9 Å². The summed E-state index contributed by atoms with van der Waals surface area (Å²) in [6, 6.07) is 3.31. The van der Waals surface area contributed by atoms with Crippen molar-refractivity contribution in [2.24, 2.45) is 0 Å². The lowest BCUT2D eigenvalue weighted by Crippen LogP contribution is -2.13. The van der Waals surface area contributed by atoms with E-state index < -0.39 is 0 Å². The van der Waals surface area contributed by atoms with Crippen LogP contribution in [0, 0.1) is 6.92 Å². The molecule has 0 aliphatic carbocycles. The molecule has 0 fully saturated rings. The normalized spacial score (nSPS) is 10.1. The lowest BCUT2D eigenvalue weighted by molar-refractivity contribution is 0.102. The molecule has 1 N–H and O–H groups in total. The molecule has 0 unspecified atom stereocenters. The molecule has 0 spiro atoms. The smallest absolute Gasteiger partial charge is 0.277 e. The van der Waals surface area contributed by atoms with Gasteiger partial charge in [0.1, 0.15) is 5.15 Å². The molecule has 0 bridgehead atoms. The number of aromatic nitrogens is 3. The zero-order chi connectivity index (χ0) is 11.5. The summed E-state index contributed by atoms with van der Waals surface area (Å²) in [5.74, 6) is -0.305. The van der Waals surface area contributed by atoms with Crippen LogP contribution in [0.25, 0.3) is 0 Å². The highest BCUT2D eigenvalue weighted by atomic mass is 35.5. The summed E-state index contributed by atoms with van der Waals surface area (Å²) in [5, 5.41) is 8.33. The summed E-state index contributed by atoms with van der Waals surface area (Å²) in [7, 11) is 0. The van der Waals surface area contributed by atoms with Crippen LogP contribution in [-0.2, 0) is 0 Å². The summed E-state index contributed by atoms with van der Waals surface area (Å²) in [5.41, 5.74) is 1.56. The fourth-order valence-corrected chi connectivity index (χ4v) is 1.74. The molecule has 2 rings (SSSR count).